The van der Waals surface area contributed by atoms with Crippen molar-refractivity contribution in [2.75, 3.05) is 44.4 Å². The molecule has 5 nitrogen and oxygen atoms in total. The Morgan fingerprint density at radius 1 is 1.33 bits per heavy atom. The third-order valence-electron chi connectivity index (χ3n) is 4.14. The van der Waals surface area contributed by atoms with E-state index in [0.717, 1.165) is 28.5 Å². The number of fused-ring (bicyclic) bond motifs is 1. The van der Waals surface area contributed by atoms with E-state index in [4.69, 9.17) is 0 Å². The summed E-state index contributed by atoms with van der Waals surface area (Å²) in [6, 6.07) is 2.18. The maximum atomic E-state index is 4.59. The van der Waals surface area contributed by atoms with Gasteiger partial charge in [-0.3, -0.25) is 0 Å². The molecule has 0 radical (unpaired) electrons. The predicted octanol–water partition coefficient (Wildman–Crippen LogP) is 2.80. The molecule has 2 aromatic heterocycles. The lowest BCUT2D eigenvalue weighted by Crippen LogP contribution is -2.33. The van der Waals surface area contributed by atoms with E-state index in [1.165, 1.54) is 30.8 Å². The third-order valence-corrected chi connectivity index (χ3v) is 5.08. The van der Waals surface area contributed by atoms with Gasteiger partial charge in [0.05, 0.1) is 5.39 Å². The number of hydrogen-bond acceptors (Lipinski definition) is 6. The van der Waals surface area contributed by atoms with E-state index in [1.54, 1.807) is 11.3 Å². The van der Waals surface area contributed by atoms with Crippen LogP contribution in [0.4, 0.5) is 11.8 Å². The normalized spacial score (nSPS) is 17.3. The lowest BCUT2D eigenvalue weighted by atomic mass is 9.97. The second-order valence-electron chi connectivity index (χ2n) is 5.85. The van der Waals surface area contributed by atoms with Crippen LogP contribution in [0.2, 0.25) is 0 Å². The molecule has 0 spiro atoms. The van der Waals surface area contributed by atoms with Crippen LogP contribution in [0.3, 0.4) is 0 Å². The molecular formula is C15H23N5S. The zero-order valence-electron chi connectivity index (χ0n) is 12.9. The van der Waals surface area contributed by atoms with Crippen molar-refractivity contribution >= 4 is 33.3 Å². The summed E-state index contributed by atoms with van der Waals surface area (Å²) in [6.07, 6.45) is 2.53. The number of hydrogen-bond donors (Lipinski definition) is 2. The smallest absolute Gasteiger partial charge is 0.225 e. The summed E-state index contributed by atoms with van der Waals surface area (Å²) in [5.41, 5.74) is 0. The number of aryl methyl sites for hydroxylation is 1. The van der Waals surface area contributed by atoms with E-state index in [9.17, 15) is 0 Å². The summed E-state index contributed by atoms with van der Waals surface area (Å²) in [4.78, 5) is 13.9. The highest BCUT2D eigenvalue weighted by Crippen LogP contribution is 2.30. The van der Waals surface area contributed by atoms with Crippen molar-refractivity contribution in [3.05, 3.63) is 10.9 Å². The summed E-state index contributed by atoms with van der Waals surface area (Å²) in [5.74, 6) is 2.40. The molecule has 1 aliphatic heterocycles. The highest BCUT2D eigenvalue weighted by molar-refractivity contribution is 7.18. The largest absolute Gasteiger partial charge is 0.369 e. The van der Waals surface area contributed by atoms with Gasteiger partial charge in [0, 0.05) is 18.5 Å². The quantitative estimate of drug-likeness (QED) is 0.910. The molecule has 0 unspecified atom stereocenters. The number of likely N-dealkylation sites (tertiary alicyclic amines) is 1. The topological polar surface area (TPSA) is 53.1 Å². The van der Waals surface area contributed by atoms with Crippen LogP contribution >= 0.6 is 11.3 Å². The van der Waals surface area contributed by atoms with Crippen LogP contribution in [-0.4, -0.2) is 48.6 Å². The molecule has 1 saturated heterocycles. The van der Waals surface area contributed by atoms with Gasteiger partial charge < -0.3 is 15.5 Å². The molecule has 6 heteroatoms. The Balaban J connectivity index is 1.76. The molecule has 2 N–H and O–H groups in total. The Hall–Kier alpha value is -1.40. The summed E-state index contributed by atoms with van der Waals surface area (Å²) < 4.78 is 0. The van der Waals surface area contributed by atoms with Gasteiger partial charge in [0.15, 0.2) is 0 Å². The molecule has 2 aromatic rings. The van der Waals surface area contributed by atoms with Crippen molar-refractivity contribution in [1.82, 2.24) is 14.9 Å². The Labute approximate surface area is 129 Å². The van der Waals surface area contributed by atoms with Gasteiger partial charge in [-0.05, 0) is 51.9 Å². The predicted molar refractivity (Wildman–Crippen MR) is 90.4 cm³/mol. The molecule has 0 atom stereocenters. The van der Waals surface area contributed by atoms with Crippen LogP contribution in [0.5, 0.6) is 0 Å². The molecule has 0 aromatic carbocycles. The fraction of sp³-hybridized carbons (Fsp3) is 0.600. The molecule has 114 valence electrons. The number of nitrogens with zero attached hydrogens (tertiary/aromatic N) is 3. The second-order valence-corrected chi connectivity index (χ2v) is 7.08. The van der Waals surface area contributed by atoms with Gasteiger partial charge in [0.25, 0.3) is 0 Å². The Kier molecular flexibility index (Phi) is 4.26. The highest BCUT2D eigenvalue weighted by Gasteiger charge is 2.17. The fourth-order valence-electron chi connectivity index (χ4n) is 2.80. The van der Waals surface area contributed by atoms with Crippen molar-refractivity contribution in [1.29, 1.82) is 0 Å². The highest BCUT2D eigenvalue weighted by atomic mass is 32.1. The van der Waals surface area contributed by atoms with Crippen LogP contribution in [0.15, 0.2) is 6.07 Å². The zero-order valence-corrected chi connectivity index (χ0v) is 13.8. The molecule has 0 saturated carbocycles. The monoisotopic (exact) mass is 305 g/mol. The molecule has 0 bridgehead atoms. The molecule has 3 heterocycles. The second kappa shape index (κ2) is 6.15. The number of anilines is 2. The van der Waals surface area contributed by atoms with Gasteiger partial charge in [-0.2, -0.15) is 4.98 Å². The first-order valence-corrected chi connectivity index (χ1v) is 8.35. The number of aromatic nitrogens is 2. The van der Waals surface area contributed by atoms with Crippen LogP contribution < -0.4 is 10.6 Å². The molecule has 1 fully saturated rings. The van der Waals surface area contributed by atoms with Gasteiger partial charge in [0.1, 0.15) is 10.6 Å². The Morgan fingerprint density at radius 2 is 2.10 bits per heavy atom. The Morgan fingerprint density at radius 3 is 2.81 bits per heavy atom. The van der Waals surface area contributed by atoms with E-state index in [-0.39, 0.29) is 0 Å². The molecule has 0 amide bonds. The van der Waals surface area contributed by atoms with Crippen LogP contribution in [-0.2, 0) is 0 Å². The molecule has 0 aliphatic carbocycles. The maximum Gasteiger partial charge on any atom is 0.225 e. The number of piperidine rings is 1. The van der Waals surface area contributed by atoms with E-state index < -0.39 is 0 Å². The fourth-order valence-corrected chi connectivity index (χ4v) is 3.68. The van der Waals surface area contributed by atoms with Crippen molar-refractivity contribution < 1.29 is 0 Å². The lowest BCUT2D eigenvalue weighted by Gasteiger charge is -2.29. The maximum absolute atomic E-state index is 4.59. The molecular weight excluding hydrogens is 282 g/mol. The lowest BCUT2D eigenvalue weighted by molar-refractivity contribution is 0.226. The SMILES string of the molecule is CNc1nc(NCC2CCN(C)CC2)c2cc(C)sc2n1. The van der Waals surface area contributed by atoms with Gasteiger partial charge in [-0.1, -0.05) is 0 Å². The number of nitrogens with one attached hydrogen (secondary N) is 2. The van der Waals surface area contributed by atoms with E-state index >= 15 is 0 Å². The van der Waals surface area contributed by atoms with Crippen molar-refractivity contribution in [3.8, 4) is 0 Å². The van der Waals surface area contributed by atoms with E-state index in [2.05, 4.69) is 45.5 Å². The number of rotatable bonds is 4. The third kappa shape index (κ3) is 3.27. The first-order chi connectivity index (χ1) is 10.2. The minimum atomic E-state index is 0.690. The zero-order chi connectivity index (χ0) is 14.8. The van der Waals surface area contributed by atoms with E-state index in [0.29, 0.717) is 5.95 Å². The van der Waals surface area contributed by atoms with Crippen LogP contribution in [0.25, 0.3) is 10.2 Å². The van der Waals surface area contributed by atoms with Crippen LogP contribution in [0, 0.1) is 12.8 Å². The van der Waals surface area contributed by atoms with Crippen LogP contribution in [0.1, 0.15) is 17.7 Å². The first-order valence-electron chi connectivity index (χ1n) is 7.54. The minimum Gasteiger partial charge on any atom is -0.369 e. The van der Waals surface area contributed by atoms with Crippen molar-refractivity contribution in [3.63, 3.8) is 0 Å². The average Bonchev–Trinajstić information content (AvgIpc) is 2.86. The minimum absolute atomic E-state index is 0.690. The summed E-state index contributed by atoms with van der Waals surface area (Å²) in [7, 11) is 4.06. The molecule has 1 aliphatic rings. The van der Waals surface area contributed by atoms with Gasteiger partial charge >= 0.3 is 0 Å². The first kappa shape index (κ1) is 14.5. The summed E-state index contributed by atoms with van der Waals surface area (Å²) in [5, 5.41) is 7.75. The van der Waals surface area contributed by atoms with Gasteiger partial charge in [-0.25, -0.2) is 4.98 Å². The Bertz CT molecular complexity index is 616. The van der Waals surface area contributed by atoms with E-state index in [1.807, 2.05) is 7.05 Å². The number of thiophene rings is 1. The van der Waals surface area contributed by atoms with Crippen molar-refractivity contribution in [2.24, 2.45) is 5.92 Å². The standard InChI is InChI=1S/C15H23N5S/c1-10-8-12-13(18-15(16-2)19-14(12)21-10)17-9-11-4-6-20(3)7-5-11/h8,11H,4-7,9H2,1-3H3,(H2,16,17,18,19). The van der Waals surface area contributed by atoms with Gasteiger partial charge in [-0.15, -0.1) is 11.3 Å². The summed E-state index contributed by atoms with van der Waals surface area (Å²) >= 11 is 1.72. The molecule has 21 heavy (non-hydrogen) atoms. The average molecular weight is 305 g/mol. The van der Waals surface area contributed by atoms with Crippen molar-refractivity contribution in [2.45, 2.75) is 19.8 Å². The summed E-state index contributed by atoms with van der Waals surface area (Å²) in [6.45, 7) is 5.51. The molecule has 3 rings (SSSR count). The van der Waals surface area contributed by atoms with Gasteiger partial charge in [0.2, 0.25) is 5.95 Å².